The molecule has 0 aromatic carbocycles. The van der Waals surface area contributed by atoms with E-state index in [4.69, 9.17) is 9.47 Å². The van der Waals surface area contributed by atoms with E-state index >= 15 is 0 Å². The average molecular weight is 290 g/mol. The van der Waals surface area contributed by atoms with Crippen molar-refractivity contribution in [3.05, 3.63) is 0 Å². The van der Waals surface area contributed by atoms with Gasteiger partial charge in [-0.2, -0.15) is 0 Å². The van der Waals surface area contributed by atoms with Gasteiger partial charge < -0.3 is 19.3 Å². The van der Waals surface area contributed by atoms with E-state index in [0.29, 0.717) is 0 Å². The molecule has 0 bridgehead atoms. The molecule has 0 radical (unpaired) electrons. The molecule has 0 amide bonds. The zero-order chi connectivity index (χ0) is 15.9. The predicted molar refractivity (Wildman–Crippen MR) is 64.4 cm³/mol. The maximum Gasteiger partial charge on any atom is 0.303 e. The lowest BCUT2D eigenvalue weighted by Gasteiger charge is -2.30. The van der Waals surface area contributed by atoms with E-state index in [2.05, 4.69) is 4.74 Å². The van der Waals surface area contributed by atoms with Crippen molar-refractivity contribution in [3.8, 4) is 0 Å². The Kier molecular flexibility index (Phi) is 7.45. The summed E-state index contributed by atoms with van der Waals surface area (Å²) >= 11 is 0. The highest BCUT2D eigenvalue weighted by Crippen LogP contribution is 2.16. The highest BCUT2D eigenvalue weighted by atomic mass is 16.6. The fourth-order valence-corrected chi connectivity index (χ4v) is 1.51. The molecule has 20 heavy (non-hydrogen) atoms. The number of aliphatic hydroxyl groups excluding tert-OH is 1. The second-order valence-electron chi connectivity index (χ2n) is 4.10. The summed E-state index contributed by atoms with van der Waals surface area (Å²) in [6.07, 6.45) is -5.28. The topological polar surface area (TPSA) is 116 Å². The largest absolute Gasteiger partial charge is 0.456 e. The molecule has 0 heterocycles. The molecule has 0 aromatic heterocycles. The summed E-state index contributed by atoms with van der Waals surface area (Å²) in [6, 6.07) is 0. The molecule has 0 unspecified atom stereocenters. The van der Waals surface area contributed by atoms with E-state index in [1.807, 2.05) is 0 Å². The molecule has 1 N–H and O–H groups in total. The zero-order valence-electron chi connectivity index (χ0n) is 11.7. The van der Waals surface area contributed by atoms with Crippen LogP contribution in [0.2, 0.25) is 0 Å². The monoisotopic (exact) mass is 290 g/mol. The molecule has 0 saturated carbocycles. The number of hydrogen-bond donors (Lipinski definition) is 1. The van der Waals surface area contributed by atoms with Gasteiger partial charge in [0.15, 0.2) is 24.6 Å². The summed E-state index contributed by atoms with van der Waals surface area (Å²) in [4.78, 5) is 44.0. The smallest absolute Gasteiger partial charge is 0.303 e. The highest BCUT2D eigenvalue weighted by molar-refractivity contribution is 5.72. The van der Waals surface area contributed by atoms with Crippen LogP contribution in [-0.4, -0.2) is 53.7 Å². The number of carbonyl (C=O) groups excluding carboxylic acids is 4. The highest BCUT2D eigenvalue weighted by Gasteiger charge is 2.39. The van der Waals surface area contributed by atoms with E-state index in [1.165, 1.54) is 6.92 Å². The molecular weight excluding hydrogens is 272 g/mol. The van der Waals surface area contributed by atoms with Crippen LogP contribution >= 0.6 is 0 Å². The molecule has 0 fully saturated rings. The SMILES string of the molecule is CC(=O)O[C@H]([C@@H](OC(C)=O)[C@H](C=O)OC(C)=O)[C@H](C)O. The van der Waals surface area contributed by atoms with Crippen molar-refractivity contribution in [2.45, 2.75) is 52.1 Å². The Morgan fingerprint density at radius 3 is 1.60 bits per heavy atom. The minimum Gasteiger partial charge on any atom is -0.456 e. The third-order valence-electron chi connectivity index (χ3n) is 2.16. The van der Waals surface area contributed by atoms with Crippen LogP contribution < -0.4 is 0 Å². The molecule has 0 saturated heterocycles. The second kappa shape index (κ2) is 8.26. The maximum absolute atomic E-state index is 11.1. The Labute approximate surface area is 116 Å². The van der Waals surface area contributed by atoms with E-state index in [0.717, 1.165) is 20.8 Å². The predicted octanol–water partition coefficient (Wildman–Crippen LogP) is -0.639. The number of ether oxygens (including phenoxy) is 3. The van der Waals surface area contributed by atoms with Crippen molar-refractivity contribution in [1.29, 1.82) is 0 Å². The Morgan fingerprint density at radius 2 is 1.30 bits per heavy atom. The van der Waals surface area contributed by atoms with Crippen LogP contribution in [0.15, 0.2) is 0 Å². The lowest BCUT2D eigenvalue weighted by Crippen LogP contribution is -2.50. The Balaban J connectivity index is 5.33. The van der Waals surface area contributed by atoms with Crippen molar-refractivity contribution < 1.29 is 38.5 Å². The number of rotatable bonds is 7. The molecule has 0 aliphatic rings. The third-order valence-corrected chi connectivity index (χ3v) is 2.16. The van der Waals surface area contributed by atoms with E-state index in [1.54, 1.807) is 0 Å². The molecule has 0 aromatic rings. The first-order chi connectivity index (χ1) is 9.18. The number of hydrogen-bond acceptors (Lipinski definition) is 8. The van der Waals surface area contributed by atoms with Gasteiger partial charge in [0, 0.05) is 20.8 Å². The number of aldehydes is 1. The molecule has 8 heteroatoms. The van der Waals surface area contributed by atoms with Gasteiger partial charge in [-0.3, -0.25) is 19.2 Å². The van der Waals surface area contributed by atoms with Gasteiger partial charge in [0.25, 0.3) is 0 Å². The minimum absolute atomic E-state index is 0.230. The number of carbonyl (C=O) groups is 4. The summed E-state index contributed by atoms with van der Waals surface area (Å²) in [5.41, 5.74) is 0. The van der Waals surface area contributed by atoms with Crippen LogP contribution in [0.25, 0.3) is 0 Å². The molecule has 4 atom stereocenters. The molecular formula is C12H18O8. The Hall–Kier alpha value is -1.96. The molecule has 0 aliphatic carbocycles. The van der Waals surface area contributed by atoms with Crippen molar-refractivity contribution >= 4 is 24.2 Å². The van der Waals surface area contributed by atoms with Gasteiger partial charge in [0.05, 0.1) is 6.10 Å². The number of esters is 3. The average Bonchev–Trinajstić information content (AvgIpc) is 2.29. The summed E-state index contributed by atoms with van der Waals surface area (Å²) < 4.78 is 14.4. The van der Waals surface area contributed by atoms with Gasteiger partial charge in [-0.05, 0) is 6.92 Å². The van der Waals surface area contributed by atoms with Gasteiger partial charge >= 0.3 is 17.9 Å². The first kappa shape index (κ1) is 18.0. The fourth-order valence-electron chi connectivity index (χ4n) is 1.51. The standard InChI is InChI=1S/C12H18O8/c1-6(14)11(19-8(3)16)12(20-9(4)17)10(5-13)18-7(2)15/h5-6,10-12,14H,1-4H3/t6-,10-,11-,12-/m0/s1. The van der Waals surface area contributed by atoms with Crippen LogP contribution in [0.1, 0.15) is 27.7 Å². The lowest BCUT2D eigenvalue weighted by atomic mass is 10.0. The van der Waals surface area contributed by atoms with Crippen LogP contribution in [0.4, 0.5) is 0 Å². The summed E-state index contributed by atoms with van der Waals surface area (Å²) in [5, 5.41) is 9.60. The van der Waals surface area contributed by atoms with Gasteiger partial charge in [-0.1, -0.05) is 0 Å². The van der Waals surface area contributed by atoms with Crippen LogP contribution in [-0.2, 0) is 33.4 Å². The quantitative estimate of drug-likeness (QED) is 0.374. The second-order valence-corrected chi connectivity index (χ2v) is 4.10. The van der Waals surface area contributed by atoms with E-state index < -0.39 is 42.3 Å². The zero-order valence-corrected chi connectivity index (χ0v) is 11.7. The maximum atomic E-state index is 11.1. The van der Waals surface area contributed by atoms with Crippen molar-refractivity contribution in [1.82, 2.24) is 0 Å². The first-order valence-corrected chi connectivity index (χ1v) is 5.84. The van der Waals surface area contributed by atoms with E-state index in [9.17, 15) is 24.3 Å². The van der Waals surface area contributed by atoms with Gasteiger partial charge in [0.2, 0.25) is 0 Å². The van der Waals surface area contributed by atoms with Crippen molar-refractivity contribution in [3.63, 3.8) is 0 Å². The molecule has 8 nitrogen and oxygen atoms in total. The van der Waals surface area contributed by atoms with Crippen LogP contribution in [0, 0.1) is 0 Å². The van der Waals surface area contributed by atoms with Crippen LogP contribution in [0.3, 0.4) is 0 Å². The fraction of sp³-hybridized carbons (Fsp3) is 0.667. The summed E-state index contributed by atoms with van der Waals surface area (Å²) in [6.45, 7) is 4.49. The van der Waals surface area contributed by atoms with Gasteiger partial charge in [0.1, 0.15) is 0 Å². The lowest BCUT2D eigenvalue weighted by molar-refractivity contribution is -0.190. The van der Waals surface area contributed by atoms with Gasteiger partial charge in [-0.25, -0.2) is 0 Å². The first-order valence-electron chi connectivity index (χ1n) is 5.84. The Morgan fingerprint density at radius 1 is 0.900 bits per heavy atom. The minimum atomic E-state index is -1.49. The Bertz CT molecular complexity index is 376. The van der Waals surface area contributed by atoms with Crippen molar-refractivity contribution in [2.24, 2.45) is 0 Å². The molecule has 0 rings (SSSR count). The molecule has 0 aliphatic heterocycles. The molecule has 0 spiro atoms. The normalized spacial score (nSPS) is 16.2. The third kappa shape index (κ3) is 6.28. The summed E-state index contributed by atoms with van der Waals surface area (Å²) in [7, 11) is 0. The van der Waals surface area contributed by atoms with Crippen LogP contribution in [0.5, 0.6) is 0 Å². The molecule has 114 valence electrons. The van der Waals surface area contributed by atoms with Crippen molar-refractivity contribution in [2.75, 3.05) is 0 Å². The summed E-state index contributed by atoms with van der Waals surface area (Å²) in [5.74, 6) is -2.32. The van der Waals surface area contributed by atoms with Gasteiger partial charge in [-0.15, -0.1) is 0 Å². The van der Waals surface area contributed by atoms with E-state index in [-0.39, 0.29) is 6.29 Å². The number of aliphatic hydroxyl groups is 1.